The van der Waals surface area contributed by atoms with Crippen LogP contribution in [0.3, 0.4) is 0 Å². The Morgan fingerprint density at radius 3 is 2.60 bits per heavy atom. The molecule has 0 radical (unpaired) electrons. The van der Waals surface area contributed by atoms with E-state index in [0.29, 0.717) is 9.97 Å². The molecule has 100 valence electrons. The fourth-order valence-electron chi connectivity index (χ4n) is 1.66. The summed E-state index contributed by atoms with van der Waals surface area (Å²) in [7, 11) is 0. The molecule has 7 nitrogen and oxygen atoms in total. The van der Waals surface area contributed by atoms with Gasteiger partial charge in [-0.05, 0) is 19.1 Å². The highest BCUT2D eigenvalue weighted by Gasteiger charge is 2.11. The van der Waals surface area contributed by atoms with E-state index in [1.807, 2.05) is 0 Å². The van der Waals surface area contributed by atoms with Crippen LogP contribution in [0.1, 0.15) is 16.1 Å². The van der Waals surface area contributed by atoms with Gasteiger partial charge in [0.15, 0.2) is 0 Å². The topological polar surface area (TPSA) is 97.4 Å². The number of aromatic nitrogens is 4. The summed E-state index contributed by atoms with van der Waals surface area (Å²) < 4.78 is 1.20. The molecule has 0 aliphatic rings. The highest BCUT2D eigenvalue weighted by atomic mass is 32.1. The van der Waals surface area contributed by atoms with E-state index in [2.05, 4.69) is 15.3 Å². The summed E-state index contributed by atoms with van der Waals surface area (Å²) in [6.45, 7) is 1.57. The molecule has 0 aliphatic heterocycles. The molecule has 0 saturated carbocycles. The lowest BCUT2D eigenvalue weighted by Gasteiger charge is -1.96. The largest absolute Gasteiger partial charge is 0.478 e. The first-order valence-corrected chi connectivity index (χ1v) is 6.45. The maximum atomic E-state index is 11.8. The molecule has 2 aromatic heterocycles. The normalized spacial score (nSPS) is 10.8. The molecule has 0 saturated heterocycles. The molecular weight excluding hydrogens is 280 g/mol. The smallest absolute Gasteiger partial charge is 0.335 e. The third kappa shape index (κ3) is 1.95. The van der Waals surface area contributed by atoms with E-state index in [4.69, 9.17) is 5.11 Å². The van der Waals surface area contributed by atoms with E-state index in [1.165, 1.54) is 28.0 Å². The number of carboxylic acids is 1. The maximum Gasteiger partial charge on any atom is 0.335 e. The zero-order valence-corrected chi connectivity index (χ0v) is 11.1. The Balaban J connectivity index is 2.13. The van der Waals surface area contributed by atoms with Gasteiger partial charge in [0.2, 0.25) is 4.96 Å². The summed E-state index contributed by atoms with van der Waals surface area (Å²) in [5.41, 5.74) is 0.894. The van der Waals surface area contributed by atoms with Gasteiger partial charge in [0.25, 0.3) is 5.56 Å². The number of fused-ring (bicyclic) bond motifs is 1. The molecular formula is C12H8N4O3S. The van der Waals surface area contributed by atoms with Crippen molar-refractivity contribution in [2.24, 2.45) is 0 Å². The molecule has 2 heterocycles. The molecule has 0 atom stereocenters. The van der Waals surface area contributed by atoms with Crippen LogP contribution in [0.25, 0.3) is 15.5 Å². The van der Waals surface area contributed by atoms with E-state index in [0.717, 1.165) is 5.56 Å². The summed E-state index contributed by atoms with van der Waals surface area (Å²) in [5.74, 6) is -0.987. The summed E-state index contributed by atoms with van der Waals surface area (Å²) in [6, 6.07) is 6.27. The van der Waals surface area contributed by atoms with Crippen molar-refractivity contribution in [1.29, 1.82) is 0 Å². The quantitative estimate of drug-likeness (QED) is 0.761. The monoisotopic (exact) mass is 288 g/mol. The van der Waals surface area contributed by atoms with Crippen molar-refractivity contribution in [1.82, 2.24) is 19.8 Å². The Labute approximate surface area is 116 Å². The number of nitrogens with zero attached hydrogens (tertiary/aromatic N) is 4. The average Bonchev–Trinajstić information content (AvgIpc) is 2.88. The van der Waals surface area contributed by atoms with E-state index in [-0.39, 0.29) is 16.8 Å². The molecule has 3 aromatic rings. The van der Waals surface area contributed by atoms with Crippen LogP contribution >= 0.6 is 11.3 Å². The van der Waals surface area contributed by atoms with Crippen molar-refractivity contribution in [3.8, 4) is 10.6 Å². The number of aromatic carboxylic acids is 1. The third-order valence-electron chi connectivity index (χ3n) is 2.73. The third-order valence-corrected chi connectivity index (χ3v) is 3.67. The van der Waals surface area contributed by atoms with Gasteiger partial charge < -0.3 is 5.11 Å². The lowest BCUT2D eigenvalue weighted by Crippen LogP contribution is -2.19. The van der Waals surface area contributed by atoms with Crippen LogP contribution in [0.15, 0.2) is 29.1 Å². The van der Waals surface area contributed by atoms with Crippen LogP contribution in [0.5, 0.6) is 0 Å². The van der Waals surface area contributed by atoms with E-state index in [1.54, 1.807) is 19.1 Å². The second kappa shape index (κ2) is 4.49. The fraction of sp³-hybridized carbons (Fsp3) is 0.0833. The van der Waals surface area contributed by atoms with Gasteiger partial charge in [0.05, 0.1) is 5.56 Å². The molecule has 0 spiro atoms. The van der Waals surface area contributed by atoms with Crippen LogP contribution in [-0.2, 0) is 0 Å². The van der Waals surface area contributed by atoms with Gasteiger partial charge in [-0.25, -0.2) is 4.79 Å². The number of rotatable bonds is 2. The second-order valence-corrected chi connectivity index (χ2v) is 5.03. The number of benzene rings is 1. The minimum Gasteiger partial charge on any atom is -0.478 e. The van der Waals surface area contributed by atoms with Crippen LogP contribution in [-0.4, -0.2) is 30.9 Å². The highest BCUT2D eigenvalue weighted by molar-refractivity contribution is 7.19. The zero-order valence-electron chi connectivity index (χ0n) is 10.3. The predicted molar refractivity (Wildman–Crippen MR) is 72.1 cm³/mol. The van der Waals surface area contributed by atoms with Crippen LogP contribution in [0, 0.1) is 6.92 Å². The van der Waals surface area contributed by atoms with E-state index >= 15 is 0 Å². The fourth-order valence-corrected chi connectivity index (χ4v) is 2.51. The maximum absolute atomic E-state index is 11.8. The zero-order chi connectivity index (χ0) is 14.3. The Kier molecular flexibility index (Phi) is 2.79. The van der Waals surface area contributed by atoms with Crippen molar-refractivity contribution in [2.45, 2.75) is 6.92 Å². The van der Waals surface area contributed by atoms with Crippen molar-refractivity contribution < 1.29 is 9.90 Å². The first kappa shape index (κ1) is 12.4. The van der Waals surface area contributed by atoms with Crippen LogP contribution < -0.4 is 5.56 Å². The molecule has 0 fully saturated rings. The van der Waals surface area contributed by atoms with Gasteiger partial charge in [-0.1, -0.05) is 23.5 Å². The lowest BCUT2D eigenvalue weighted by atomic mass is 10.1. The molecule has 3 rings (SSSR count). The van der Waals surface area contributed by atoms with E-state index in [9.17, 15) is 9.59 Å². The first-order chi connectivity index (χ1) is 9.56. The molecule has 0 bridgehead atoms. The number of carbonyl (C=O) groups is 1. The van der Waals surface area contributed by atoms with Gasteiger partial charge in [-0.15, -0.1) is 10.2 Å². The molecule has 0 unspecified atom stereocenters. The minimum absolute atomic E-state index is 0.197. The van der Waals surface area contributed by atoms with Gasteiger partial charge >= 0.3 is 5.97 Å². The summed E-state index contributed by atoms with van der Waals surface area (Å²) in [4.78, 5) is 23.0. The Morgan fingerprint density at radius 2 is 1.95 bits per heavy atom. The van der Waals surface area contributed by atoms with Crippen molar-refractivity contribution in [3.63, 3.8) is 0 Å². The Morgan fingerprint density at radius 1 is 1.25 bits per heavy atom. The highest BCUT2D eigenvalue weighted by Crippen LogP contribution is 2.24. The van der Waals surface area contributed by atoms with Crippen molar-refractivity contribution in [2.75, 3.05) is 0 Å². The predicted octanol–water partition coefficient (Wildman–Crippen LogP) is 1.22. The molecule has 0 aliphatic carbocycles. The molecule has 0 amide bonds. The second-order valence-electron chi connectivity index (χ2n) is 4.07. The minimum atomic E-state index is -0.987. The standard InChI is InChI=1S/C12H8N4O3S/c1-6-10(17)16-12(14-13-6)20-9(15-16)7-2-4-8(5-3-7)11(18)19/h2-5H,1H3,(H,18,19). The summed E-state index contributed by atoms with van der Waals surface area (Å²) in [5, 5.41) is 21.3. The molecule has 1 aromatic carbocycles. The van der Waals surface area contributed by atoms with E-state index < -0.39 is 5.97 Å². The number of carboxylic acid groups (broad SMARTS) is 1. The summed E-state index contributed by atoms with van der Waals surface area (Å²) in [6.07, 6.45) is 0. The molecule has 8 heteroatoms. The number of hydrogen-bond acceptors (Lipinski definition) is 6. The Bertz CT molecular complexity index is 867. The molecule has 20 heavy (non-hydrogen) atoms. The Hall–Kier alpha value is -2.61. The SMILES string of the molecule is Cc1nnc2sc(-c3ccc(C(=O)O)cc3)nn2c1=O. The van der Waals surface area contributed by atoms with Gasteiger partial charge in [-0.3, -0.25) is 4.79 Å². The lowest BCUT2D eigenvalue weighted by molar-refractivity contribution is 0.0697. The van der Waals surface area contributed by atoms with Crippen LogP contribution in [0.4, 0.5) is 0 Å². The van der Waals surface area contributed by atoms with Crippen LogP contribution in [0.2, 0.25) is 0 Å². The van der Waals surface area contributed by atoms with Gasteiger partial charge in [0, 0.05) is 5.56 Å². The van der Waals surface area contributed by atoms with Gasteiger partial charge in [0.1, 0.15) is 10.7 Å². The number of aryl methyl sites for hydroxylation is 1. The summed E-state index contributed by atoms with van der Waals surface area (Å²) >= 11 is 1.22. The van der Waals surface area contributed by atoms with Gasteiger partial charge in [-0.2, -0.15) is 9.61 Å². The average molecular weight is 288 g/mol. The number of hydrogen-bond donors (Lipinski definition) is 1. The first-order valence-electron chi connectivity index (χ1n) is 5.63. The molecule has 1 N–H and O–H groups in total. The van der Waals surface area contributed by atoms with Crippen molar-refractivity contribution in [3.05, 3.63) is 45.9 Å². The van der Waals surface area contributed by atoms with Crippen molar-refractivity contribution >= 4 is 22.3 Å².